The minimum atomic E-state index is -0.661. The first-order chi connectivity index (χ1) is 17.0. The van der Waals surface area contributed by atoms with Gasteiger partial charge in [-0.2, -0.15) is 5.10 Å². The average molecular weight is 503 g/mol. The van der Waals surface area contributed by atoms with Gasteiger partial charge in [0.2, 0.25) is 5.91 Å². The van der Waals surface area contributed by atoms with Crippen molar-refractivity contribution in [3.63, 3.8) is 0 Å². The molecule has 1 fully saturated rings. The number of benzene rings is 3. The summed E-state index contributed by atoms with van der Waals surface area (Å²) in [5, 5.41) is 7.59. The van der Waals surface area contributed by atoms with Gasteiger partial charge in [0.05, 0.1) is 17.3 Å². The third-order valence-electron chi connectivity index (χ3n) is 6.66. The summed E-state index contributed by atoms with van der Waals surface area (Å²) in [5.41, 5.74) is 4.58. The zero-order chi connectivity index (χ0) is 24.1. The van der Waals surface area contributed by atoms with Crippen molar-refractivity contribution >= 4 is 52.1 Å². The number of piperazine rings is 1. The molecule has 2 unspecified atom stereocenters. The molecule has 2 aliphatic rings. The van der Waals surface area contributed by atoms with E-state index >= 15 is 0 Å². The van der Waals surface area contributed by atoms with Crippen LogP contribution >= 0.6 is 23.2 Å². The van der Waals surface area contributed by atoms with Crippen LogP contribution in [0.2, 0.25) is 10.0 Å². The van der Waals surface area contributed by atoms with Crippen LogP contribution in [0.4, 0.5) is 0 Å². The molecule has 3 aromatic carbocycles. The Morgan fingerprint density at radius 1 is 0.971 bits per heavy atom. The second kappa shape index (κ2) is 8.56. The van der Waals surface area contributed by atoms with E-state index in [0.717, 1.165) is 27.7 Å². The zero-order valence-electron chi connectivity index (χ0n) is 18.5. The SMILES string of the molecule is O=C1C2Cc3c([nH]c4ccccc34)C(c3ccccc3)N2C(=O)CN1N=Cc1ccc(Cl)cc1Cl. The summed E-state index contributed by atoms with van der Waals surface area (Å²) in [6.45, 7) is -0.143. The van der Waals surface area contributed by atoms with Gasteiger partial charge in [0.25, 0.3) is 5.91 Å². The fraction of sp³-hybridized carbons (Fsp3) is 0.148. The average Bonchev–Trinajstić information content (AvgIpc) is 3.24. The lowest BCUT2D eigenvalue weighted by Gasteiger charge is -2.45. The van der Waals surface area contributed by atoms with E-state index in [4.69, 9.17) is 23.2 Å². The smallest absolute Gasteiger partial charge is 0.266 e. The zero-order valence-corrected chi connectivity index (χ0v) is 20.0. The van der Waals surface area contributed by atoms with Gasteiger partial charge in [-0.15, -0.1) is 0 Å². The Morgan fingerprint density at radius 2 is 1.74 bits per heavy atom. The van der Waals surface area contributed by atoms with E-state index in [-0.39, 0.29) is 24.4 Å². The number of nitrogens with one attached hydrogen (secondary N) is 1. The highest BCUT2D eigenvalue weighted by Crippen LogP contribution is 2.42. The van der Waals surface area contributed by atoms with Crippen LogP contribution in [0.3, 0.4) is 0 Å². The maximum absolute atomic E-state index is 13.7. The molecule has 2 atom stereocenters. The molecule has 2 aliphatic heterocycles. The van der Waals surface area contributed by atoms with Crippen molar-refractivity contribution in [2.75, 3.05) is 6.54 Å². The third-order valence-corrected chi connectivity index (χ3v) is 7.22. The van der Waals surface area contributed by atoms with Gasteiger partial charge < -0.3 is 9.88 Å². The molecule has 2 amide bonds. The number of aromatic nitrogens is 1. The highest BCUT2D eigenvalue weighted by atomic mass is 35.5. The standard InChI is InChI=1S/C27H20Cl2N4O2/c28-18-11-10-17(21(29)12-18)14-30-32-15-24(34)33-23(27(32)35)13-20-19-8-4-5-9-22(19)31-25(20)26(33)16-6-2-1-3-7-16/h1-12,14,23,26,31H,13,15H2. The van der Waals surface area contributed by atoms with Crippen LogP contribution in [0.1, 0.15) is 28.4 Å². The van der Waals surface area contributed by atoms with Crippen LogP contribution < -0.4 is 0 Å². The van der Waals surface area contributed by atoms with E-state index in [0.29, 0.717) is 22.0 Å². The fourth-order valence-electron chi connectivity index (χ4n) is 5.07. The van der Waals surface area contributed by atoms with Gasteiger partial charge in [0.15, 0.2) is 0 Å². The molecule has 0 radical (unpaired) electrons. The molecule has 174 valence electrons. The van der Waals surface area contributed by atoms with Crippen LogP contribution in [-0.4, -0.2) is 45.5 Å². The Labute approximate surface area is 211 Å². The highest BCUT2D eigenvalue weighted by molar-refractivity contribution is 6.36. The number of hydrogen-bond donors (Lipinski definition) is 1. The number of halogens is 2. The van der Waals surface area contributed by atoms with Crippen molar-refractivity contribution in [1.82, 2.24) is 14.9 Å². The maximum Gasteiger partial charge on any atom is 0.266 e. The number of para-hydroxylation sites is 1. The van der Waals surface area contributed by atoms with Crippen molar-refractivity contribution < 1.29 is 9.59 Å². The molecule has 0 spiro atoms. The van der Waals surface area contributed by atoms with Gasteiger partial charge in [0.1, 0.15) is 12.6 Å². The molecule has 1 aromatic heterocycles. The molecule has 0 bridgehead atoms. The Bertz CT molecular complexity index is 1500. The van der Waals surface area contributed by atoms with E-state index in [2.05, 4.69) is 16.2 Å². The number of nitrogens with zero attached hydrogens (tertiary/aromatic N) is 3. The van der Waals surface area contributed by atoms with Gasteiger partial charge in [0, 0.05) is 33.6 Å². The van der Waals surface area contributed by atoms with Crippen molar-refractivity contribution in [2.24, 2.45) is 5.10 Å². The fourth-order valence-corrected chi connectivity index (χ4v) is 5.52. The summed E-state index contributed by atoms with van der Waals surface area (Å²) in [6, 6.07) is 21.8. The normalized spacial score (nSPS) is 19.9. The van der Waals surface area contributed by atoms with Gasteiger partial charge in [-0.05, 0) is 29.3 Å². The molecular formula is C27H20Cl2N4O2. The van der Waals surface area contributed by atoms with Crippen LogP contribution in [-0.2, 0) is 16.0 Å². The molecule has 35 heavy (non-hydrogen) atoms. The number of amides is 2. The largest absolute Gasteiger partial charge is 0.356 e. The molecule has 8 heteroatoms. The Kier molecular flexibility index (Phi) is 5.35. The lowest BCUT2D eigenvalue weighted by molar-refractivity contribution is -0.158. The highest BCUT2D eigenvalue weighted by Gasteiger charge is 2.48. The van der Waals surface area contributed by atoms with Gasteiger partial charge >= 0.3 is 0 Å². The van der Waals surface area contributed by atoms with Crippen LogP contribution in [0.15, 0.2) is 77.9 Å². The predicted molar refractivity (Wildman–Crippen MR) is 137 cm³/mol. The second-order valence-corrected chi connectivity index (χ2v) is 9.55. The monoisotopic (exact) mass is 502 g/mol. The quantitative estimate of drug-likeness (QED) is 0.391. The minimum absolute atomic E-state index is 0.143. The molecular weight excluding hydrogens is 483 g/mol. The number of rotatable bonds is 3. The van der Waals surface area contributed by atoms with E-state index in [1.165, 1.54) is 11.2 Å². The van der Waals surface area contributed by atoms with Crippen LogP contribution in [0, 0.1) is 0 Å². The van der Waals surface area contributed by atoms with Gasteiger partial charge in [-0.25, -0.2) is 5.01 Å². The van der Waals surface area contributed by atoms with E-state index in [9.17, 15) is 9.59 Å². The molecule has 3 heterocycles. The number of carbonyl (C=O) groups is 2. The first-order valence-corrected chi connectivity index (χ1v) is 12.0. The summed E-state index contributed by atoms with van der Waals surface area (Å²) in [4.78, 5) is 32.4. The molecule has 1 N–H and O–H groups in total. The van der Waals surface area contributed by atoms with Crippen LogP contribution in [0.5, 0.6) is 0 Å². The first kappa shape index (κ1) is 21.9. The second-order valence-electron chi connectivity index (χ2n) is 8.70. The summed E-state index contributed by atoms with van der Waals surface area (Å²) in [5.74, 6) is -0.380. The molecule has 6 rings (SSSR count). The number of carbonyl (C=O) groups excluding carboxylic acids is 2. The summed E-state index contributed by atoms with van der Waals surface area (Å²) >= 11 is 12.2. The molecule has 1 saturated heterocycles. The molecule has 0 saturated carbocycles. The van der Waals surface area contributed by atoms with Gasteiger partial charge in [-0.3, -0.25) is 9.59 Å². The van der Waals surface area contributed by atoms with E-state index < -0.39 is 6.04 Å². The number of hydrogen-bond acceptors (Lipinski definition) is 3. The molecule has 0 aliphatic carbocycles. The van der Waals surface area contributed by atoms with Crippen molar-refractivity contribution in [3.05, 3.63) is 105 Å². The van der Waals surface area contributed by atoms with E-state index in [1.807, 2.05) is 48.5 Å². The maximum atomic E-state index is 13.7. The number of fused-ring (bicyclic) bond motifs is 4. The van der Waals surface area contributed by atoms with Crippen LogP contribution in [0.25, 0.3) is 10.9 Å². The third kappa shape index (κ3) is 3.70. The lowest BCUT2D eigenvalue weighted by Crippen LogP contribution is -2.61. The molecule has 4 aromatic rings. The number of hydrazone groups is 1. The first-order valence-electron chi connectivity index (χ1n) is 11.3. The summed E-state index contributed by atoms with van der Waals surface area (Å²) in [6.07, 6.45) is 1.91. The van der Waals surface area contributed by atoms with Crippen molar-refractivity contribution in [1.29, 1.82) is 0 Å². The predicted octanol–water partition coefficient (Wildman–Crippen LogP) is 5.19. The lowest BCUT2D eigenvalue weighted by atomic mass is 9.86. The summed E-state index contributed by atoms with van der Waals surface area (Å²) in [7, 11) is 0. The topological polar surface area (TPSA) is 68.8 Å². The number of aromatic amines is 1. The number of H-pyrrole nitrogens is 1. The Hall–Kier alpha value is -3.61. The summed E-state index contributed by atoms with van der Waals surface area (Å²) < 4.78 is 0. The van der Waals surface area contributed by atoms with Crippen molar-refractivity contribution in [3.8, 4) is 0 Å². The van der Waals surface area contributed by atoms with Gasteiger partial charge in [-0.1, -0.05) is 77.8 Å². The minimum Gasteiger partial charge on any atom is -0.356 e. The van der Waals surface area contributed by atoms with E-state index in [1.54, 1.807) is 23.1 Å². The Morgan fingerprint density at radius 3 is 2.54 bits per heavy atom. The Balaban J connectivity index is 1.42. The van der Waals surface area contributed by atoms with Crippen molar-refractivity contribution in [2.45, 2.75) is 18.5 Å². The molecule has 6 nitrogen and oxygen atoms in total.